The Kier molecular flexibility index (Phi) is 10.1. The molecule has 244 valence electrons. The second-order valence-corrected chi connectivity index (χ2v) is 12.6. The van der Waals surface area contributed by atoms with E-state index in [-0.39, 0.29) is 39.5 Å². The first-order valence-electron chi connectivity index (χ1n) is 13.7. The lowest BCUT2D eigenvalue weighted by Gasteiger charge is -2.49. The number of β-lactam (4-membered cyclic amide) rings is 1. The molecule has 2 unspecified atom stereocenters. The lowest BCUT2D eigenvalue weighted by molar-refractivity contribution is -0.151. The Balaban J connectivity index is 1.30. The standard InChI is InChI=1S/C28H26ClN9O7S2/c1-36(23(41)16-9-5-6-10-17(16)29)27(45)32-19(14-7-3-2-4-8-14)22(40)31-20-24(42)38-21(26(43)44)15(12-46-25(20)38)13-47-28-33-34-35-37(28)11-18(30)39/h2-10,19-20,25H,11-13H2,1H3,(H2,30,39)(H,31,40)(H,32,45)(H,43,44)/t19?,20?,25-/m0/s1. The minimum Gasteiger partial charge on any atom is -0.477 e. The number of amides is 6. The Hall–Kier alpha value is -4.94. The highest BCUT2D eigenvalue weighted by Gasteiger charge is 2.54. The van der Waals surface area contributed by atoms with E-state index >= 15 is 0 Å². The number of carbonyl (C=O) groups is 6. The number of urea groups is 1. The number of carboxylic acid groups (broad SMARTS) is 1. The van der Waals surface area contributed by atoms with Gasteiger partial charge in [-0.2, -0.15) is 0 Å². The Morgan fingerprint density at radius 2 is 1.85 bits per heavy atom. The first-order valence-corrected chi connectivity index (χ1v) is 16.1. The molecule has 6 amide bonds. The molecule has 0 aliphatic carbocycles. The summed E-state index contributed by atoms with van der Waals surface area (Å²) >= 11 is 8.45. The number of aromatic nitrogens is 4. The van der Waals surface area contributed by atoms with Crippen LogP contribution in [0.5, 0.6) is 0 Å². The number of tetrazole rings is 1. The van der Waals surface area contributed by atoms with E-state index in [1.54, 1.807) is 42.5 Å². The first kappa shape index (κ1) is 33.4. The quantitative estimate of drug-likeness (QED) is 0.162. The van der Waals surface area contributed by atoms with Crippen LogP contribution in [-0.2, 0) is 25.7 Å². The van der Waals surface area contributed by atoms with Crippen LogP contribution < -0.4 is 16.4 Å². The van der Waals surface area contributed by atoms with E-state index in [2.05, 4.69) is 26.2 Å². The number of rotatable bonds is 11. The van der Waals surface area contributed by atoms with Gasteiger partial charge in [-0.3, -0.25) is 29.0 Å². The van der Waals surface area contributed by atoms with Crippen LogP contribution in [0.1, 0.15) is 22.0 Å². The average molecular weight is 700 g/mol. The van der Waals surface area contributed by atoms with Crippen LogP contribution in [-0.4, -0.2) is 101 Å². The van der Waals surface area contributed by atoms with Crippen LogP contribution in [0.15, 0.2) is 71.0 Å². The molecule has 19 heteroatoms. The fourth-order valence-corrected chi connectivity index (χ4v) is 7.38. The lowest BCUT2D eigenvalue weighted by atomic mass is 10.0. The van der Waals surface area contributed by atoms with Crippen molar-refractivity contribution in [3.05, 3.63) is 82.0 Å². The Bertz CT molecular complexity index is 1790. The summed E-state index contributed by atoms with van der Waals surface area (Å²) in [4.78, 5) is 78.6. The number of imide groups is 1. The molecule has 0 radical (unpaired) electrons. The molecule has 0 spiro atoms. The van der Waals surface area contributed by atoms with Crippen molar-refractivity contribution in [1.29, 1.82) is 0 Å². The summed E-state index contributed by atoms with van der Waals surface area (Å²) in [5, 5.41) is 25.9. The van der Waals surface area contributed by atoms with Crippen molar-refractivity contribution in [3.8, 4) is 0 Å². The monoisotopic (exact) mass is 699 g/mol. The molecule has 5 rings (SSSR count). The molecule has 3 aromatic rings. The van der Waals surface area contributed by atoms with E-state index in [4.69, 9.17) is 17.3 Å². The molecule has 1 saturated heterocycles. The summed E-state index contributed by atoms with van der Waals surface area (Å²) in [6.07, 6.45) is 0. The van der Waals surface area contributed by atoms with Crippen LogP contribution in [0, 0.1) is 0 Å². The SMILES string of the molecule is CN(C(=O)NC(C(=O)NC1C(=O)N2C(C(=O)O)=C(CSc3nnnn3CC(N)=O)CS[C@@H]12)c1ccccc1)C(=O)c1ccccc1Cl. The van der Waals surface area contributed by atoms with Crippen molar-refractivity contribution in [3.63, 3.8) is 0 Å². The van der Waals surface area contributed by atoms with E-state index in [0.717, 1.165) is 21.6 Å². The number of thioether (sulfide) groups is 2. The van der Waals surface area contributed by atoms with Gasteiger partial charge in [0, 0.05) is 18.6 Å². The number of fused-ring (bicyclic) bond motifs is 1. The maximum atomic E-state index is 13.6. The largest absolute Gasteiger partial charge is 0.477 e. The molecule has 5 N–H and O–H groups in total. The molecule has 3 heterocycles. The number of carboxylic acids is 1. The minimum absolute atomic E-state index is 0.0892. The number of hydrogen-bond donors (Lipinski definition) is 4. The highest BCUT2D eigenvalue weighted by Crippen LogP contribution is 2.41. The number of nitrogens with zero attached hydrogens (tertiary/aromatic N) is 6. The molecule has 16 nitrogen and oxygen atoms in total. The van der Waals surface area contributed by atoms with Gasteiger partial charge in [0.05, 0.1) is 10.6 Å². The number of halogens is 1. The smallest absolute Gasteiger partial charge is 0.352 e. The molecule has 47 heavy (non-hydrogen) atoms. The van der Waals surface area contributed by atoms with Crippen molar-refractivity contribution in [1.82, 2.24) is 40.6 Å². The highest BCUT2D eigenvalue weighted by atomic mass is 35.5. The van der Waals surface area contributed by atoms with Gasteiger partial charge < -0.3 is 21.5 Å². The maximum absolute atomic E-state index is 13.6. The van der Waals surface area contributed by atoms with Gasteiger partial charge in [-0.15, -0.1) is 16.9 Å². The summed E-state index contributed by atoms with van der Waals surface area (Å²) in [6, 6.07) is 11.1. The van der Waals surface area contributed by atoms with Gasteiger partial charge in [-0.05, 0) is 33.7 Å². The summed E-state index contributed by atoms with van der Waals surface area (Å²) in [6.45, 7) is -0.263. The number of nitrogens with two attached hydrogens (primary N) is 1. The van der Waals surface area contributed by atoms with E-state index in [9.17, 15) is 33.9 Å². The average Bonchev–Trinajstić information content (AvgIpc) is 3.50. The molecule has 0 bridgehead atoms. The fourth-order valence-electron chi connectivity index (χ4n) is 4.80. The fraction of sp³-hybridized carbons (Fsp3) is 0.250. The van der Waals surface area contributed by atoms with E-state index in [1.165, 1.54) is 35.6 Å². The number of benzene rings is 2. The number of primary amides is 1. The molecule has 3 atom stereocenters. The zero-order chi connectivity index (χ0) is 33.8. The van der Waals surface area contributed by atoms with Gasteiger partial charge in [0.25, 0.3) is 11.8 Å². The summed E-state index contributed by atoms with van der Waals surface area (Å²) < 4.78 is 1.18. The van der Waals surface area contributed by atoms with Gasteiger partial charge in [-0.25, -0.2) is 14.3 Å². The minimum atomic E-state index is -1.33. The van der Waals surface area contributed by atoms with Crippen molar-refractivity contribution in [2.75, 3.05) is 18.6 Å². The van der Waals surface area contributed by atoms with Crippen LogP contribution in [0.3, 0.4) is 0 Å². The Labute approximate surface area is 280 Å². The number of nitrogens with one attached hydrogen (secondary N) is 2. The van der Waals surface area contributed by atoms with Crippen LogP contribution in [0.2, 0.25) is 5.02 Å². The summed E-state index contributed by atoms with van der Waals surface area (Å²) in [5.41, 5.74) is 5.87. The third kappa shape index (κ3) is 7.08. The molecule has 1 aromatic heterocycles. The first-order chi connectivity index (χ1) is 22.5. The normalized spacial score (nSPS) is 17.7. The maximum Gasteiger partial charge on any atom is 0.352 e. The van der Waals surface area contributed by atoms with Gasteiger partial charge in [0.1, 0.15) is 29.7 Å². The zero-order valence-corrected chi connectivity index (χ0v) is 26.8. The molecule has 0 saturated carbocycles. The molecule has 2 aliphatic heterocycles. The van der Waals surface area contributed by atoms with E-state index < -0.39 is 53.1 Å². The van der Waals surface area contributed by atoms with Crippen molar-refractivity contribution in [2.24, 2.45) is 5.73 Å². The third-order valence-corrected chi connectivity index (χ3v) is 9.82. The van der Waals surface area contributed by atoms with Crippen LogP contribution >= 0.6 is 35.1 Å². The Morgan fingerprint density at radius 3 is 2.53 bits per heavy atom. The predicted octanol–water partition coefficient (Wildman–Crippen LogP) is 0.866. The number of aliphatic carboxylic acids is 1. The van der Waals surface area contributed by atoms with E-state index in [0.29, 0.717) is 11.1 Å². The summed E-state index contributed by atoms with van der Waals surface area (Å²) in [5.74, 6) is -3.78. The summed E-state index contributed by atoms with van der Waals surface area (Å²) in [7, 11) is 1.24. The van der Waals surface area contributed by atoms with Gasteiger partial charge in [0.2, 0.25) is 17.0 Å². The Morgan fingerprint density at radius 1 is 1.15 bits per heavy atom. The van der Waals surface area contributed by atoms with Crippen molar-refractivity contribution in [2.45, 2.75) is 29.2 Å². The number of carbonyl (C=O) groups excluding carboxylic acids is 5. The third-order valence-electron chi connectivity index (χ3n) is 7.10. The second-order valence-electron chi connectivity index (χ2n) is 10.2. The van der Waals surface area contributed by atoms with Gasteiger partial charge in [0.15, 0.2) is 0 Å². The molecular formula is C28H26ClN9O7S2. The van der Waals surface area contributed by atoms with E-state index in [1.807, 2.05) is 0 Å². The topological polar surface area (TPSA) is 223 Å². The predicted molar refractivity (Wildman–Crippen MR) is 169 cm³/mol. The highest BCUT2D eigenvalue weighted by molar-refractivity contribution is 8.01. The molecular weight excluding hydrogens is 674 g/mol. The van der Waals surface area contributed by atoms with Crippen molar-refractivity contribution >= 4 is 70.8 Å². The van der Waals surface area contributed by atoms with Crippen LogP contribution in [0.4, 0.5) is 4.79 Å². The van der Waals surface area contributed by atoms with Crippen LogP contribution in [0.25, 0.3) is 0 Å². The van der Waals surface area contributed by atoms with Crippen molar-refractivity contribution < 1.29 is 33.9 Å². The molecule has 2 aromatic carbocycles. The molecule has 2 aliphatic rings. The van der Waals surface area contributed by atoms with Gasteiger partial charge in [-0.1, -0.05) is 65.8 Å². The number of hydrogen-bond acceptors (Lipinski definition) is 11. The molecule has 1 fully saturated rings. The zero-order valence-electron chi connectivity index (χ0n) is 24.4. The lowest BCUT2D eigenvalue weighted by Crippen LogP contribution is -2.71. The second kappa shape index (κ2) is 14.2. The van der Waals surface area contributed by atoms with Gasteiger partial charge >= 0.3 is 12.0 Å².